The predicted molar refractivity (Wildman–Crippen MR) is 65.4 cm³/mol. The summed E-state index contributed by atoms with van der Waals surface area (Å²) in [6.45, 7) is -0.0451. The number of carbonyl (C=O) groups is 2. The average Bonchev–Trinajstić information content (AvgIpc) is 2.70. The summed E-state index contributed by atoms with van der Waals surface area (Å²) in [6.07, 6.45) is -3.87. The van der Waals surface area contributed by atoms with Crippen LogP contribution in [0, 0.1) is 5.92 Å². The third-order valence-corrected chi connectivity index (χ3v) is 3.10. The first-order chi connectivity index (χ1) is 9.17. The van der Waals surface area contributed by atoms with Crippen molar-refractivity contribution < 1.29 is 22.8 Å². The Hall–Kier alpha value is -1.35. The van der Waals surface area contributed by atoms with Gasteiger partial charge in [0.25, 0.3) is 0 Å². The van der Waals surface area contributed by atoms with Crippen molar-refractivity contribution in [3.05, 3.63) is 0 Å². The molecule has 5 N–H and O–H groups in total. The quantitative estimate of drug-likeness (QED) is 0.596. The maximum Gasteiger partial charge on any atom is 0.401 e. The highest BCUT2D eigenvalue weighted by atomic mass is 19.4. The van der Waals surface area contributed by atoms with E-state index in [2.05, 4.69) is 5.32 Å². The lowest BCUT2D eigenvalue weighted by molar-refractivity contribution is -0.143. The number of halogens is 3. The second-order valence-electron chi connectivity index (χ2n) is 5.03. The summed E-state index contributed by atoms with van der Waals surface area (Å²) in [5.41, 5.74) is 10.4. The molecule has 116 valence electrons. The van der Waals surface area contributed by atoms with Gasteiger partial charge in [0.05, 0.1) is 19.0 Å². The summed E-state index contributed by atoms with van der Waals surface area (Å²) in [6, 6.07) is -1.01. The standard InChI is InChI=1S/C11H19F3N4O2/c12-11(13,14)6-18-2-1-7(5-18)4-17-10(20)8(15)3-9(16)19/h7-8H,1-6,15H2,(H2,16,19)(H,17,20). The first-order valence-corrected chi connectivity index (χ1v) is 6.28. The first kappa shape index (κ1) is 16.7. The van der Waals surface area contributed by atoms with Crippen LogP contribution in [-0.4, -0.2) is 55.1 Å². The molecule has 0 aromatic carbocycles. The Morgan fingerprint density at radius 1 is 1.40 bits per heavy atom. The zero-order chi connectivity index (χ0) is 15.3. The SMILES string of the molecule is NC(=O)CC(N)C(=O)NCC1CCN(CC(F)(F)F)C1. The topological polar surface area (TPSA) is 101 Å². The maximum absolute atomic E-state index is 12.2. The normalized spacial score (nSPS) is 21.7. The van der Waals surface area contributed by atoms with Crippen LogP contribution in [0.25, 0.3) is 0 Å². The van der Waals surface area contributed by atoms with Crippen molar-refractivity contribution in [3.63, 3.8) is 0 Å². The molecule has 20 heavy (non-hydrogen) atoms. The van der Waals surface area contributed by atoms with Crippen LogP contribution in [-0.2, 0) is 9.59 Å². The van der Waals surface area contributed by atoms with Crippen molar-refractivity contribution in [2.24, 2.45) is 17.4 Å². The molecule has 1 aliphatic heterocycles. The fraction of sp³-hybridized carbons (Fsp3) is 0.818. The third kappa shape index (κ3) is 6.20. The number of nitrogens with one attached hydrogen (secondary N) is 1. The molecule has 0 spiro atoms. The molecule has 0 saturated carbocycles. The van der Waals surface area contributed by atoms with Gasteiger partial charge in [-0.2, -0.15) is 13.2 Å². The monoisotopic (exact) mass is 296 g/mol. The summed E-state index contributed by atoms with van der Waals surface area (Å²) < 4.78 is 36.6. The molecule has 2 unspecified atom stereocenters. The maximum atomic E-state index is 12.2. The second kappa shape index (κ2) is 6.89. The minimum absolute atomic E-state index is 0.0397. The van der Waals surface area contributed by atoms with Crippen molar-refractivity contribution in [1.29, 1.82) is 0 Å². The molecule has 1 heterocycles. The molecule has 0 aliphatic carbocycles. The first-order valence-electron chi connectivity index (χ1n) is 6.28. The van der Waals surface area contributed by atoms with Crippen LogP contribution in [0.5, 0.6) is 0 Å². The predicted octanol–water partition coefficient (Wildman–Crippen LogP) is -0.810. The van der Waals surface area contributed by atoms with Gasteiger partial charge in [0, 0.05) is 13.1 Å². The zero-order valence-corrected chi connectivity index (χ0v) is 10.9. The van der Waals surface area contributed by atoms with E-state index in [1.165, 1.54) is 4.90 Å². The lowest BCUT2D eigenvalue weighted by Crippen LogP contribution is -2.44. The van der Waals surface area contributed by atoms with E-state index in [0.29, 0.717) is 13.0 Å². The Balaban J connectivity index is 2.27. The Bertz CT molecular complexity index is 362. The Kier molecular flexibility index (Phi) is 5.75. The summed E-state index contributed by atoms with van der Waals surface area (Å²) in [5, 5.41) is 2.53. The Morgan fingerprint density at radius 2 is 2.05 bits per heavy atom. The molecule has 1 rings (SSSR count). The highest BCUT2D eigenvalue weighted by Gasteiger charge is 2.34. The van der Waals surface area contributed by atoms with Gasteiger partial charge in [0.2, 0.25) is 11.8 Å². The van der Waals surface area contributed by atoms with Crippen molar-refractivity contribution >= 4 is 11.8 Å². The number of hydrogen-bond donors (Lipinski definition) is 3. The Morgan fingerprint density at radius 3 is 2.60 bits per heavy atom. The zero-order valence-electron chi connectivity index (χ0n) is 10.9. The van der Waals surface area contributed by atoms with E-state index in [4.69, 9.17) is 11.5 Å². The molecule has 1 saturated heterocycles. The molecular formula is C11H19F3N4O2. The molecule has 2 amide bonds. The van der Waals surface area contributed by atoms with Gasteiger partial charge in [-0.15, -0.1) is 0 Å². The number of alkyl halides is 3. The molecule has 2 atom stereocenters. The van der Waals surface area contributed by atoms with Gasteiger partial charge in [-0.1, -0.05) is 0 Å². The van der Waals surface area contributed by atoms with Crippen molar-refractivity contribution in [3.8, 4) is 0 Å². The fourth-order valence-corrected chi connectivity index (χ4v) is 2.16. The smallest absolute Gasteiger partial charge is 0.370 e. The molecule has 1 aliphatic rings. The van der Waals surface area contributed by atoms with E-state index in [-0.39, 0.29) is 25.4 Å². The van der Waals surface area contributed by atoms with E-state index in [1.807, 2.05) is 0 Å². The average molecular weight is 296 g/mol. The number of nitrogens with zero attached hydrogens (tertiary/aromatic N) is 1. The molecule has 1 fully saturated rings. The van der Waals surface area contributed by atoms with E-state index < -0.39 is 30.6 Å². The molecule has 0 aromatic heterocycles. The molecule has 0 bridgehead atoms. The minimum atomic E-state index is -4.21. The highest BCUT2D eigenvalue weighted by molar-refractivity contribution is 5.87. The van der Waals surface area contributed by atoms with Crippen LogP contribution < -0.4 is 16.8 Å². The summed E-state index contributed by atoms with van der Waals surface area (Å²) in [5.74, 6) is -1.23. The van der Waals surface area contributed by atoms with Gasteiger partial charge >= 0.3 is 6.18 Å². The largest absolute Gasteiger partial charge is 0.401 e. The molecule has 9 heteroatoms. The Labute approximate surface area is 114 Å². The van der Waals surface area contributed by atoms with Crippen LogP contribution in [0.1, 0.15) is 12.8 Å². The van der Waals surface area contributed by atoms with Crippen LogP contribution in [0.2, 0.25) is 0 Å². The highest BCUT2D eigenvalue weighted by Crippen LogP contribution is 2.22. The van der Waals surface area contributed by atoms with Crippen LogP contribution in [0.15, 0.2) is 0 Å². The number of amides is 2. The van der Waals surface area contributed by atoms with Gasteiger partial charge in [0.1, 0.15) is 0 Å². The second-order valence-corrected chi connectivity index (χ2v) is 5.03. The molecule has 0 radical (unpaired) electrons. The van der Waals surface area contributed by atoms with E-state index in [1.54, 1.807) is 0 Å². The van der Waals surface area contributed by atoms with Crippen LogP contribution >= 0.6 is 0 Å². The number of hydrogen-bond acceptors (Lipinski definition) is 4. The van der Waals surface area contributed by atoms with Gasteiger partial charge in [-0.05, 0) is 18.9 Å². The van der Waals surface area contributed by atoms with Crippen molar-refractivity contribution in [1.82, 2.24) is 10.2 Å². The number of nitrogens with two attached hydrogens (primary N) is 2. The third-order valence-electron chi connectivity index (χ3n) is 3.10. The molecule has 0 aromatic rings. The number of rotatable bonds is 6. The number of carbonyl (C=O) groups excluding carboxylic acids is 2. The summed E-state index contributed by atoms with van der Waals surface area (Å²) >= 11 is 0. The fourth-order valence-electron chi connectivity index (χ4n) is 2.16. The lowest BCUT2D eigenvalue weighted by atomic mass is 10.1. The van der Waals surface area contributed by atoms with E-state index >= 15 is 0 Å². The van der Waals surface area contributed by atoms with Gasteiger partial charge in [-0.3, -0.25) is 14.5 Å². The van der Waals surface area contributed by atoms with Crippen LogP contribution in [0.4, 0.5) is 13.2 Å². The van der Waals surface area contributed by atoms with Crippen LogP contribution in [0.3, 0.4) is 0 Å². The number of likely N-dealkylation sites (tertiary alicyclic amines) is 1. The lowest BCUT2D eigenvalue weighted by Gasteiger charge is -2.18. The summed E-state index contributed by atoms with van der Waals surface area (Å²) in [7, 11) is 0. The van der Waals surface area contributed by atoms with E-state index in [9.17, 15) is 22.8 Å². The molecular weight excluding hydrogens is 277 g/mol. The van der Waals surface area contributed by atoms with E-state index in [0.717, 1.165) is 0 Å². The van der Waals surface area contributed by atoms with Gasteiger partial charge < -0.3 is 16.8 Å². The number of primary amides is 1. The van der Waals surface area contributed by atoms with Crippen molar-refractivity contribution in [2.75, 3.05) is 26.2 Å². The van der Waals surface area contributed by atoms with Crippen molar-refractivity contribution in [2.45, 2.75) is 25.1 Å². The summed E-state index contributed by atoms with van der Waals surface area (Å²) in [4.78, 5) is 23.4. The molecule has 6 nitrogen and oxygen atoms in total. The minimum Gasteiger partial charge on any atom is -0.370 e. The van der Waals surface area contributed by atoms with Gasteiger partial charge in [0.15, 0.2) is 0 Å². The van der Waals surface area contributed by atoms with Gasteiger partial charge in [-0.25, -0.2) is 0 Å².